The van der Waals surface area contributed by atoms with E-state index in [-0.39, 0.29) is 0 Å². The Hall–Kier alpha value is -1.39. The van der Waals surface area contributed by atoms with E-state index in [0.717, 1.165) is 29.5 Å². The molecular weight excluding hydrogens is 268 g/mol. The van der Waals surface area contributed by atoms with E-state index in [2.05, 4.69) is 55.5 Å². The van der Waals surface area contributed by atoms with Crippen LogP contribution in [0.3, 0.4) is 0 Å². The number of thiazole rings is 1. The maximum atomic E-state index is 5.93. The van der Waals surface area contributed by atoms with Crippen molar-refractivity contribution in [1.29, 1.82) is 0 Å². The molecule has 0 saturated carbocycles. The van der Waals surface area contributed by atoms with Crippen molar-refractivity contribution in [3.63, 3.8) is 0 Å². The summed E-state index contributed by atoms with van der Waals surface area (Å²) in [4.78, 5) is 4.57. The summed E-state index contributed by atoms with van der Waals surface area (Å²) >= 11 is 1.66. The first kappa shape index (κ1) is 15.0. The Morgan fingerprint density at radius 1 is 1.25 bits per heavy atom. The van der Waals surface area contributed by atoms with Crippen LogP contribution in [0.2, 0.25) is 0 Å². The first-order valence-corrected chi connectivity index (χ1v) is 7.82. The molecule has 2 rings (SSSR count). The third kappa shape index (κ3) is 3.81. The van der Waals surface area contributed by atoms with Crippen LogP contribution in [-0.2, 0) is 13.2 Å². The van der Waals surface area contributed by atoms with Gasteiger partial charge < -0.3 is 10.1 Å². The highest BCUT2D eigenvalue weighted by atomic mass is 32.1. The van der Waals surface area contributed by atoms with Gasteiger partial charge in [-0.05, 0) is 50.1 Å². The van der Waals surface area contributed by atoms with Gasteiger partial charge in [-0.15, -0.1) is 11.3 Å². The van der Waals surface area contributed by atoms with Crippen LogP contribution >= 0.6 is 11.3 Å². The van der Waals surface area contributed by atoms with Gasteiger partial charge >= 0.3 is 0 Å². The van der Waals surface area contributed by atoms with E-state index in [1.54, 1.807) is 11.3 Å². The molecule has 0 bridgehead atoms. The lowest BCUT2D eigenvalue weighted by molar-refractivity contribution is 0.302. The number of hydrogen-bond acceptors (Lipinski definition) is 4. The van der Waals surface area contributed by atoms with Crippen molar-refractivity contribution in [2.24, 2.45) is 0 Å². The number of benzene rings is 1. The zero-order valence-corrected chi connectivity index (χ0v) is 13.4. The largest absolute Gasteiger partial charge is 0.486 e. The minimum absolute atomic E-state index is 0.542. The predicted octanol–water partition coefficient (Wildman–Crippen LogP) is 3.76. The van der Waals surface area contributed by atoms with Gasteiger partial charge in [0.05, 0.1) is 5.69 Å². The average Bonchev–Trinajstić information content (AvgIpc) is 2.86. The summed E-state index contributed by atoms with van der Waals surface area (Å²) in [7, 11) is 0. The standard InChI is InChI=1S/C16H22N2OS/c1-5-17-8-14-10-20-16(18-14)9-19-15-7-11(2)6-12(3)13(15)4/h6-7,10,17H,5,8-9H2,1-4H3. The molecule has 0 spiro atoms. The normalized spacial score (nSPS) is 10.8. The Morgan fingerprint density at radius 2 is 2.05 bits per heavy atom. The maximum Gasteiger partial charge on any atom is 0.140 e. The number of nitrogens with one attached hydrogen (secondary N) is 1. The van der Waals surface area contributed by atoms with E-state index in [1.165, 1.54) is 16.7 Å². The Kier molecular flexibility index (Phi) is 5.15. The zero-order valence-electron chi connectivity index (χ0n) is 12.6. The number of aryl methyl sites for hydroxylation is 2. The van der Waals surface area contributed by atoms with Crippen molar-refractivity contribution in [2.75, 3.05) is 6.54 Å². The molecule has 1 aromatic carbocycles. The lowest BCUT2D eigenvalue weighted by Crippen LogP contribution is -2.12. The molecule has 0 aliphatic carbocycles. The van der Waals surface area contributed by atoms with Crippen LogP contribution in [0.1, 0.15) is 34.3 Å². The highest BCUT2D eigenvalue weighted by Gasteiger charge is 2.06. The van der Waals surface area contributed by atoms with Crippen LogP contribution in [0.15, 0.2) is 17.5 Å². The van der Waals surface area contributed by atoms with Gasteiger partial charge in [0.25, 0.3) is 0 Å². The molecule has 108 valence electrons. The quantitative estimate of drug-likeness (QED) is 0.879. The van der Waals surface area contributed by atoms with Gasteiger partial charge in [-0.2, -0.15) is 0 Å². The van der Waals surface area contributed by atoms with Crippen molar-refractivity contribution < 1.29 is 4.74 Å². The number of rotatable bonds is 6. The molecule has 0 unspecified atom stereocenters. The number of aromatic nitrogens is 1. The highest BCUT2D eigenvalue weighted by Crippen LogP contribution is 2.24. The van der Waals surface area contributed by atoms with E-state index in [4.69, 9.17) is 4.74 Å². The molecule has 0 radical (unpaired) electrons. The van der Waals surface area contributed by atoms with Crippen molar-refractivity contribution >= 4 is 11.3 Å². The number of ether oxygens (including phenoxy) is 1. The minimum atomic E-state index is 0.542. The van der Waals surface area contributed by atoms with E-state index >= 15 is 0 Å². The van der Waals surface area contributed by atoms with Crippen LogP contribution in [0.4, 0.5) is 0 Å². The van der Waals surface area contributed by atoms with Crippen LogP contribution in [0.25, 0.3) is 0 Å². The molecule has 0 saturated heterocycles. The van der Waals surface area contributed by atoms with Crippen molar-refractivity contribution in [2.45, 2.75) is 40.8 Å². The second-order valence-corrected chi connectivity index (χ2v) is 5.95. The van der Waals surface area contributed by atoms with E-state index in [1.807, 2.05) is 0 Å². The Bertz CT molecular complexity index is 578. The molecule has 3 nitrogen and oxygen atoms in total. The molecule has 4 heteroatoms. The van der Waals surface area contributed by atoms with Gasteiger partial charge in [0, 0.05) is 11.9 Å². The van der Waals surface area contributed by atoms with Gasteiger partial charge in [0.2, 0.25) is 0 Å². The Labute approximate surface area is 125 Å². The fraction of sp³-hybridized carbons (Fsp3) is 0.438. The zero-order chi connectivity index (χ0) is 14.5. The van der Waals surface area contributed by atoms with Gasteiger partial charge in [-0.1, -0.05) is 13.0 Å². The highest BCUT2D eigenvalue weighted by molar-refractivity contribution is 7.09. The lowest BCUT2D eigenvalue weighted by Gasteiger charge is -2.11. The molecule has 0 aliphatic heterocycles. The fourth-order valence-electron chi connectivity index (χ4n) is 2.04. The predicted molar refractivity (Wildman–Crippen MR) is 84.5 cm³/mol. The molecule has 0 atom stereocenters. The van der Waals surface area contributed by atoms with Gasteiger partial charge in [0.15, 0.2) is 0 Å². The summed E-state index contributed by atoms with van der Waals surface area (Å²) in [5.41, 5.74) is 4.80. The summed E-state index contributed by atoms with van der Waals surface area (Å²) in [5, 5.41) is 6.40. The minimum Gasteiger partial charge on any atom is -0.486 e. The van der Waals surface area contributed by atoms with Crippen LogP contribution in [0.5, 0.6) is 5.75 Å². The molecule has 1 heterocycles. The van der Waals surface area contributed by atoms with E-state index in [0.29, 0.717) is 6.61 Å². The monoisotopic (exact) mass is 290 g/mol. The third-order valence-electron chi connectivity index (χ3n) is 3.27. The van der Waals surface area contributed by atoms with Gasteiger partial charge in [0.1, 0.15) is 17.4 Å². The maximum absolute atomic E-state index is 5.93. The second kappa shape index (κ2) is 6.86. The summed E-state index contributed by atoms with van der Waals surface area (Å²) in [6, 6.07) is 4.27. The number of hydrogen-bond donors (Lipinski definition) is 1. The van der Waals surface area contributed by atoms with Crippen molar-refractivity contribution in [1.82, 2.24) is 10.3 Å². The van der Waals surface area contributed by atoms with Crippen LogP contribution in [-0.4, -0.2) is 11.5 Å². The molecule has 0 fully saturated rings. The number of nitrogens with zero attached hydrogens (tertiary/aromatic N) is 1. The molecule has 1 N–H and O–H groups in total. The van der Waals surface area contributed by atoms with Crippen molar-refractivity contribution in [3.05, 3.63) is 44.9 Å². The summed E-state index contributed by atoms with van der Waals surface area (Å²) in [6.45, 7) is 10.7. The fourth-order valence-corrected chi connectivity index (χ4v) is 2.74. The Morgan fingerprint density at radius 3 is 2.80 bits per heavy atom. The van der Waals surface area contributed by atoms with E-state index in [9.17, 15) is 0 Å². The smallest absolute Gasteiger partial charge is 0.140 e. The molecule has 20 heavy (non-hydrogen) atoms. The average molecular weight is 290 g/mol. The topological polar surface area (TPSA) is 34.1 Å². The SMILES string of the molecule is CCNCc1csc(COc2cc(C)cc(C)c2C)n1. The third-order valence-corrected chi connectivity index (χ3v) is 4.14. The Balaban J connectivity index is 2.00. The first-order chi connectivity index (χ1) is 9.60. The summed E-state index contributed by atoms with van der Waals surface area (Å²) in [6.07, 6.45) is 0. The second-order valence-electron chi connectivity index (χ2n) is 5.01. The molecule has 0 amide bonds. The molecule has 1 aromatic heterocycles. The summed E-state index contributed by atoms with van der Waals surface area (Å²) in [5.74, 6) is 0.964. The molecule has 2 aromatic rings. The first-order valence-electron chi connectivity index (χ1n) is 6.94. The van der Waals surface area contributed by atoms with E-state index < -0.39 is 0 Å². The van der Waals surface area contributed by atoms with Gasteiger partial charge in [-0.25, -0.2) is 4.98 Å². The molecule has 0 aliphatic rings. The van der Waals surface area contributed by atoms with Gasteiger partial charge in [-0.3, -0.25) is 0 Å². The van der Waals surface area contributed by atoms with Crippen LogP contribution < -0.4 is 10.1 Å². The van der Waals surface area contributed by atoms with Crippen molar-refractivity contribution in [3.8, 4) is 5.75 Å². The summed E-state index contributed by atoms with van der Waals surface area (Å²) < 4.78 is 5.93. The molecular formula is C16H22N2OS. The van der Waals surface area contributed by atoms with Crippen LogP contribution in [0, 0.1) is 20.8 Å². The lowest BCUT2D eigenvalue weighted by atomic mass is 10.1.